The number of rotatable bonds is 7. The summed E-state index contributed by atoms with van der Waals surface area (Å²) in [6.45, 7) is 8.30. The molecule has 156 valence electrons. The molecule has 0 saturated carbocycles. The Labute approximate surface area is 172 Å². The first kappa shape index (κ1) is 21.1. The molecule has 1 heterocycles. The maximum Gasteiger partial charge on any atom is 0.335 e. The zero-order chi connectivity index (χ0) is 21.0. The van der Waals surface area contributed by atoms with Crippen molar-refractivity contribution < 1.29 is 18.3 Å². The Morgan fingerprint density at radius 2 is 1.83 bits per heavy atom. The lowest BCUT2D eigenvalue weighted by Gasteiger charge is -2.37. The first-order valence-corrected chi connectivity index (χ1v) is 11.2. The van der Waals surface area contributed by atoms with Crippen LogP contribution >= 0.6 is 0 Å². The second-order valence-corrected chi connectivity index (χ2v) is 8.97. The molecule has 0 amide bonds. The summed E-state index contributed by atoms with van der Waals surface area (Å²) in [6.07, 6.45) is 1.09. The van der Waals surface area contributed by atoms with Crippen molar-refractivity contribution in [3.8, 4) is 0 Å². The average molecular weight is 418 g/mol. The molecule has 0 unspecified atom stereocenters. The van der Waals surface area contributed by atoms with Gasteiger partial charge in [-0.15, -0.1) is 0 Å². The number of sulfonamides is 1. The number of anilines is 2. The molecule has 2 N–H and O–H groups in total. The molecule has 1 saturated heterocycles. The van der Waals surface area contributed by atoms with E-state index < -0.39 is 16.0 Å². The Morgan fingerprint density at radius 3 is 2.45 bits per heavy atom. The highest BCUT2D eigenvalue weighted by Gasteiger charge is 2.23. The van der Waals surface area contributed by atoms with Crippen LogP contribution in [0.5, 0.6) is 0 Å². The van der Waals surface area contributed by atoms with Crippen molar-refractivity contribution in [2.45, 2.75) is 25.2 Å². The van der Waals surface area contributed by atoms with Gasteiger partial charge in [0.25, 0.3) is 10.0 Å². The molecule has 0 spiro atoms. The Kier molecular flexibility index (Phi) is 6.44. The number of benzene rings is 2. The summed E-state index contributed by atoms with van der Waals surface area (Å²) in [6, 6.07) is 11.2. The second-order valence-electron chi connectivity index (χ2n) is 7.29. The van der Waals surface area contributed by atoms with Crippen LogP contribution in [0.15, 0.2) is 47.4 Å². The fourth-order valence-electron chi connectivity index (χ4n) is 3.54. The molecule has 1 aliphatic rings. The SMILES string of the molecule is CCCN1CCN(c2ccc(C(=O)O)cc2NS(=O)(=O)c2cccc(C)c2)CC1. The summed E-state index contributed by atoms with van der Waals surface area (Å²) in [5.74, 6) is -1.10. The van der Waals surface area contributed by atoms with E-state index in [1.807, 2.05) is 13.0 Å². The number of carboxylic acids is 1. The van der Waals surface area contributed by atoms with Crippen LogP contribution in [0.25, 0.3) is 0 Å². The molecule has 1 fully saturated rings. The minimum Gasteiger partial charge on any atom is -0.478 e. The predicted octanol–water partition coefficient (Wildman–Crippen LogP) is 3.03. The van der Waals surface area contributed by atoms with E-state index in [0.29, 0.717) is 5.69 Å². The Hall–Kier alpha value is -2.58. The van der Waals surface area contributed by atoms with E-state index >= 15 is 0 Å². The summed E-state index contributed by atoms with van der Waals surface area (Å²) in [7, 11) is -3.84. The number of hydrogen-bond acceptors (Lipinski definition) is 5. The van der Waals surface area contributed by atoms with Gasteiger partial charge in [0.2, 0.25) is 0 Å². The van der Waals surface area contributed by atoms with Crippen LogP contribution in [0, 0.1) is 6.92 Å². The molecule has 29 heavy (non-hydrogen) atoms. The smallest absolute Gasteiger partial charge is 0.335 e. The number of hydrogen-bond donors (Lipinski definition) is 2. The molecule has 2 aromatic carbocycles. The molecular weight excluding hydrogens is 390 g/mol. The van der Waals surface area contributed by atoms with Gasteiger partial charge in [-0.1, -0.05) is 19.1 Å². The number of carbonyl (C=O) groups is 1. The number of aromatic carboxylic acids is 1. The fourth-order valence-corrected chi connectivity index (χ4v) is 4.71. The van der Waals surface area contributed by atoms with E-state index in [2.05, 4.69) is 21.4 Å². The second kappa shape index (κ2) is 8.84. The van der Waals surface area contributed by atoms with Crippen molar-refractivity contribution in [3.05, 3.63) is 53.6 Å². The quantitative estimate of drug-likeness (QED) is 0.720. The lowest BCUT2D eigenvalue weighted by molar-refractivity contribution is 0.0697. The number of carboxylic acid groups (broad SMARTS) is 1. The number of nitrogens with zero attached hydrogens (tertiary/aromatic N) is 2. The van der Waals surface area contributed by atoms with Crippen molar-refractivity contribution in [2.75, 3.05) is 42.3 Å². The maximum atomic E-state index is 12.9. The summed E-state index contributed by atoms with van der Waals surface area (Å²) in [5.41, 5.74) is 1.86. The highest BCUT2D eigenvalue weighted by atomic mass is 32.2. The van der Waals surface area contributed by atoms with Gasteiger partial charge in [-0.25, -0.2) is 13.2 Å². The molecular formula is C21H27N3O4S. The van der Waals surface area contributed by atoms with Crippen LogP contribution < -0.4 is 9.62 Å². The van der Waals surface area contributed by atoms with Crippen molar-refractivity contribution >= 4 is 27.4 Å². The van der Waals surface area contributed by atoms with Crippen molar-refractivity contribution in [2.24, 2.45) is 0 Å². The van der Waals surface area contributed by atoms with Crippen LogP contribution in [-0.4, -0.2) is 57.1 Å². The van der Waals surface area contributed by atoms with Crippen LogP contribution in [0.3, 0.4) is 0 Å². The third kappa shape index (κ3) is 5.07. The largest absolute Gasteiger partial charge is 0.478 e. The molecule has 7 nitrogen and oxygen atoms in total. The van der Waals surface area contributed by atoms with E-state index in [9.17, 15) is 18.3 Å². The predicted molar refractivity (Wildman–Crippen MR) is 114 cm³/mol. The normalized spacial score (nSPS) is 15.3. The third-order valence-corrected chi connectivity index (χ3v) is 6.40. The summed E-state index contributed by atoms with van der Waals surface area (Å²) < 4.78 is 28.5. The average Bonchev–Trinajstić information content (AvgIpc) is 2.68. The van der Waals surface area contributed by atoms with Gasteiger partial charge in [0.05, 0.1) is 21.8 Å². The lowest BCUT2D eigenvalue weighted by atomic mass is 10.1. The molecule has 8 heteroatoms. The van der Waals surface area contributed by atoms with Gasteiger partial charge in [-0.3, -0.25) is 9.62 Å². The van der Waals surface area contributed by atoms with Crippen LogP contribution in [0.4, 0.5) is 11.4 Å². The van der Waals surface area contributed by atoms with E-state index in [4.69, 9.17) is 0 Å². The summed E-state index contributed by atoms with van der Waals surface area (Å²) in [5, 5.41) is 9.36. The van der Waals surface area contributed by atoms with Crippen LogP contribution in [0.1, 0.15) is 29.3 Å². The molecule has 3 rings (SSSR count). The molecule has 2 aromatic rings. The Balaban J connectivity index is 1.92. The number of nitrogens with one attached hydrogen (secondary N) is 1. The first-order valence-electron chi connectivity index (χ1n) is 9.74. The van der Waals surface area contributed by atoms with E-state index in [1.165, 1.54) is 18.2 Å². The first-order chi connectivity index (χ1) is 13.8. The van der Waals surface area contributed by atoms with E-state index in [0.717, 1.165) is 44.7 Å². The van der Waals surface area contributed by atoms with Crippen molar-refractivity contribution in [1.29, 1.82) is 0 Å². The van der Waals surface area contributed by atoms with Crippen molar-refractivity contribution in [1.82, 2.24) is 4.90 Å². The zero-order valence-corrected chi connectivity index (χ0v) is 17.6. The van der Waals surface area contributed by atoms with Crippen LogP contribution in [0.2, 0.25) is 0 Å². The Bertz CT molecular complexity index is 983. The fraction of sp³-hybridized carbons (Fsp3) is 0.381. The highest BCUT2D eigenvalue weighted by molar-refractivity contribution is 7.92. The Morgan fingerprint density at radius 1 is 1.10 bits per heavy atom. The van der Waals surface area contributed by atoms with Gasteiger partial charge < -0.3 is 10.0 Å². The minimum absolute atomic E-state index is 0.0420. The lowest BCUT2D eigenvalue weighted by Crippen LogP contribution is -2.46. The van der Waals surface area contributed by atoms with Gasteiger partial charge in [0, 0.05) is 26.2 Å². The molecule has 0 radical (unpaired) electrons. The minimum atomic E-state index is -3.84. The van der Waals surface area contributed by atoms with Gasteiger partial charge in [0.15, 0.2) is 0 Å². The summed E-state index contributed by atoms with van der Waals surface area (Å²) in [4.78, 5) is 16.1. The molecule has 0 atom stereocenters. The van der Waals surface area contributed by atoms with Crippen molar-refractivity contribution in [3.63, 3.8) is 0 Å². The highest BCUT2D eigenvalue weighted by Crippen LogP contribution is 2.30. The summed E-state index contributed by atoms with van der Waals surface area (Å²) >= 11 is 0. The molecule has 0 aromatic heterocycles. The molecule has 1 aliphatic heterocycles. The molecule has 0 bridgehead atoms. The maximum absolute atomic E-state index is 12.9. The van der Waals surface area contributed by atoms with Crippen LogP contribution in [-0.2, 0) is 10.0 Å². The van der Waals surface area contributed by atoms with E-state index in [-0.39, 0.29) is 16.1 Å². The van der Waals surface area contributed by atoms with Gasteiger partial charge in [-0.2, -0.15) is 0 Å². The van der Waals surface area contributed by atoms with Gasteiger partial charge >= 0.3 is 5.97 Å². The topological polar surface area (TPSA) is 89.9 Å². The van der Waals surface area contributed by atoms with E-state index in [1.54, 1.807) is 18.2 Å². The monoisotopic (exact) mass is 417 g/mol. The number of piperazine rings is 1. The van der Waals surface area contributed by atoms with Gasteiger partial charge in [0.1, 0.15) is 0 Å². The zero-order valence-electron chi connectivity index (χ0n) is 16.8. The standard InChI is InChI=1S/C21H27N3O4S/c1-3-9-23-10-12-24(13-11-23)20-8-7-17(21(25)26)15-19(20)22-29(27,28)18-6-4-5-16(2)14-18/h4-8,14-15,22H,3,9-13H2,1-2H3,(H,25,26). The molecule has 0 aliphatic carbocycles. The van der Waals surface area contributed by atoms with Gasteiger partial charge in [-0.05, 0) is 55.8 Å². The third-order valence-electron chi connectivity index (χ3n) is 5.04. The number of aryl methyl sites for hydroxylation is 1.